The van der Waals surface area contributed by atoms with Gasteiger partial charge in [-0.15, -0.1) is 0 Å². The van der Waals surface area contributed by atoms with Crippen LogP contribution in [-0.4, -0.2) is 22.0 Å². The number of rotatable bonds is 4. The van der Waals surface area contributed by atoms with E-state index in [-0.39, 0.29) is 11.5 Å². The van der Waals surface area contributed by atoms with Gasteiger partial charge in [0.15, 0.2) is 0 Å². The van der Waals surface area contributed by atoms with Crippen LogP contribution in [0.4, 0.5) is 0 Å². The second-order valence-corrected chi connectivity index (χ2v) is 3.58. The molecule has 17 heavy (non-hydrogen) atoms. The van der Waals surface area contributed by atoms with Crippen LogP contribution in [0.15, 0.2) is 21.9 Å². The summed E-state index contributed by atoms with van der Waals surface area (Å²) in [5, 5.41) is 2.64. The number of hydrogen-bond acceptors (Lipinski definition) is 3. The van der Waals surface area contributed by atoms with Crippen molar-refractivity contribution in [1.29, 1.82) is 0 Å². The van der Waals surface area contributed by atoms with Crippen LogP contribution in [-0.2, 0) is 11.8 Å². The fraction of sp³-hybridized carbons (Fsp3) is 0.364. The van der Waals surface area contributed by atoms with Crippen molar-refractivity contribution in [2.45, 2.75) is 13.3 Å². The summed E-state index contributed by atoms with van der Waals surface area (Å²) < 4.78 is 1.24. The lowest BCUT2D eigenvalue weighted by Gasteiger charge is -1.99. The zero-order valence-electron chi connectivity index (χ0n) is 9.82. The molecule has 0 saturated carbocycles. The third-order valence-corrected chi connectivity index (χ3v) is 2.10. The van der Waals surface area contributed by atoms with E-state index >= 15 is 0 Å². The number of H-pyrrole nitrogens is 1. The van der Waals surface area contributed by atoms with Gasteiger partial charge >= 0.3 is 5.69 Å². The van der Waals surface area contributed by atoms with E-state index in [4.69, 9.17) is 0 Å². The number of nitrogens with one attached hydrogen (secondary N) is 2. The molecule has 1 rings (SSSR count). The molecule has 0 aromatic carbocycles. The largest absolute Gasteiger partial charge is 0.353 e. The Morgan fingerprint density at radius 3 is 2.88 bits per heavy atom. The highest BCUT2D eigenvalue weighted by Gasteiger charge is 1.99. The molecule has 0 saturated heterocycles. The number of carbonyl (C=O) groups is 1. The van der Waals surface area contributed by atoms with Crippen molar-refractivity contribution >= 4 is 12.0 Å². The van der Waals surface area contributed by atoms with E-state index in [1.54, 1.807) is 0 Å². The monoisotopic (exact) mass is 237 g/mol. The van der Waals surface area contributed by atoms with E-state index in [1.807, 2.05) is 6.92 Å². The summed E-state index contributed by atoms with van der Waals surface area (Å²) in [7, 11) is 1.52. The Labute approximate surface area is 98.0 Å². The summed E-state index contributed by atoms with van der Waals surface area (Å²) in [5.74, 6) is -0.264. The zero-order valence-corrected chi connectivity index (χ0v) is 9.82. The number of aryl methyl sites for hydroxylation is 1. The summed E-state index contributed by atoms with van der Waals surface area (Å²) in [4.78, 5) is 35.8. The number of nitrogens with zero attached hydrogens (tertiary/aromatic N) is 1. The van der Waals surface area contributed by atoms with Gasteiger partial charge in [-0.1, -0.05) is 6.92 Å². The van der Waals surface area contributed by atoms with Crippen molar-refractivity contribution in [2.75, 3.05) is 6.54 Å². The summed E-state index contributed by atoms with van der Waals surface area (Å²) >= 11 is 0. The van der Waals surface area contributed by atoms with Crippen molar-refractivity contribution in [2.24, 2.45) is 7.05 Å². The molecule has 1 heterocycles. The van der Waals surface area contributed by atoms with Gasteiger partial charge in [-0.3, -0.25) is 14.6 Å². The third-order valence-electron chi connectivity index (χ3n) is 2.10. The van der Waals surface area contributed by atoms with Crippen LogP contribution in [0.1, 0.15) is 18.9 Å². The van der Waals surface area contributed by atoms with Crippen LogP contribution in [0.3, 0.4) is 0 Å². The smallest absolute Gasteiger partial charge is 0.328 e. The lowest BCUT2D eigenvalue weighted by atomic mass is 10.3. The Balaban J connectivity index is 2.85. The van der Waals surface area contributed by atoms with Crippen LogP contribution in [0.5, 0.6) is 0 Å². The van der Waals surface area contributed by atoms with E-state index in [0.717, 1.165) is 6.42 Å². The van der Waals surface area contributed by atoms with Crippen molar-refractivity contribution in [1.82, 2.24) is 14.9 Å². The van der Waals surface area contributed by atoms with Crippen molar-refractivity contribution in [3.63, 3.8) is 0 Å². The molecule has 0 aliphatic carbocycles. The van der Waals surface area contributed by atoms with Crippen LogP contribution in [0.2, 0.25) is 0 Å². The average molecular weight is 237 g/mol. The molecule has 0 bridgehead atoms. The van der Waals surface area contributed by atoms with Gasteiger partial charge in [-0.25, -0.2) is 4.79 Å². The number of amides is 1. The first-order valence-corrected chi connectivity index (χ1v) is 5.30. The Hall–Kier alpha value is -2.11. The highest BCUT2D eigenvalue weighted by molar-refractivity contribution is 5.91. The van der Waals surface area contributed by atoms with E-state index < -0.39 is 11.2 Å². The fourth-order valence-corrected chi connectivity index (χ4v) is 1.17. The van der Waals surface area contributed by atoms with Gasteiger partial charge in [0.05, 0.1) is 5.56 Å². The van der Waals surface area contributed by atoms with Gasteiger partial charge in [0.1, 0.15) is 0 Å². The quantitative estimate of drug-likeness (QED) is 0.700. The second kappa shape index (κ2) is 5.83. The average Bonchev–Trinajstić information content (AvgIpc) is 2.29. The molecule has 0 atom stereocenters. The molecule has 0 aliphatic heterocycles. The maximum Gasteiger partial charge on any atom is 0.328 e. The van der Waals surface area contributed by atoms with Gasteiger partial charge in [0.2, 0.25) is 5.91 Å². The summed E-state index contributed by atoms with van der Waals surface area (Å²) in [6.07, 6.45) is 4.87. The molecular weight excluding hydrogens is 222 g/mol. The maximum atomic E-state index is 11.4. The van der Waals surface area contributed by atoms with Crippen molar-refractivity contribution in [3.05, 3.63) is 38.7 Å². The van der Waals surface area contributed by atoms with Gasteiger partial charge in [-0.05, 0) is 12.5 Å². The molecule has 0 unspecified atom stereocenters. The predicted octanol–water partition coefficient (Wildman–Crippen LogP) is -0.387. The molecule has 1 aromatic heterocycles. The molecule has 6 nitrogen and oxygen atoms in total. The number of aromatic amines is 1. The highest BCUT2D eigenvalue weighted by atomic mass is 16.2. The van der Waals surface area contributed by atoms with E-state index in [2.05, 4.69) is 10.3 Å². The molecule has 6 heteroatoms. The predicted molar refractivity (Wildman–Crippen MR) is 64.6 cm³/mol. The Morgan fingerprint density at radius 2 is 2.24 bits per heavy atom. The van der Waals surface area contributed by atoms with Crippen molar-refractivity contribution in [3.8, 4) is 0 Å². The molecule has 0 aliphatic rings. The van der Waals surface area contributed by atoms with Crippen LogP contribution in [0.25, 0.3) is 6.08 Å². The van der Waals surface area contributed by atoms with E-state index in [0.29, 0.717) is 6.54 Å². The van der Waals surface area contributed by atoms with Gasteiger partial charge in [0.25, 0.3) is 5.56 Å². The molecule has 92 valence electrons. The Bertz CT molecular complexity index is 540. The molecule has 1 amide bonds. The molecule has 0 spiro atoms. The molecule has 0 fully saturated rings. The minimum Gasteiger partial charge on any atom is -0.353 e. The van der Waals surface area contributed by atoms with E-state index in [9.17, 15) is 14.4 Å². The first kappa shape index (κ1) is 13.0. The topological polar surface area (TPSA) is 84.0 Å². The number of hydrogen-bond donors (Lipinski definition) is 2. The summed E-state index contributed by atoms with van der Waals surface area (Å²) in [6, 6.07) is 0. The Morgan fingerprint density at radius 1 is 1.53 bits per heavy atom. The van der Waals surface area contributed by atoms with E-state index in [1.165, 1.54) is 30.0 Å². The van der Waals surface area contributed by atoms with Crippen LogP contribution < -0.4 is 16.6 Å². The maximum absolute atomic E-state index is 11.4. The van der Waals surface area contributed by atoms with Crippen LogP contribution in [0, 0.1) is 0 Å². The standard InChI is InChI=1S/C11H15N3O3/c1-3-6-12-9(15)5-4-8-7-14(2)11(17)13-10(8)16/h4-5,7H,3,6H2,1-2H3,(H,12,15)(H,13,16,17)/b5-4+. The van der Waals surface area contributed by atoms with Crippen LogP contribution >= 0.6 is 0 Å². The third kappa shape index (κ3) is 3.75. The summed E-state index contributed by atoms with van der Waals surface area (Å²) in [6.45, 7) is 2.54. The molecular formula is C11H15N3O3. The Kier molecular flexibility index (Phi) is 4.45. The molecule has 0 radical (unpaired) electrons. The molecule has 1 aromatic rings. The van der Waals surface area contributed by atoms with Gasteiger partial charge in [0, 0.05) is 25.9 Å². The minimum atomic E-state index is -0.507. The minimum absolute atomic E-state index is 0.263. The highest BCUT2D eigenvalue weighted by Crippen LogP contribution is 1.90. The molecule has 2 N–H and O–H groups in total. The normalized spacial score (nSPS) is 10.7. The SMILES string of the molecule is CCCNC(=O)/C=C/c1cn(C)c(=O)[nH]c1=O. The second-order valence-electron chi connectivity index (χ2n) is 3.58. The first-order chi connectivity index (χ1) is 8.04. The number of aromatic nitrogens is 2. The zero-order chi connectivity index (χ0) is 12.8. The van der Waals surface area contributed by atoms with Gasteiger partial charge in [-0.2, -0.15) is 0 Å². The first-order valence-electron chi connectivity index (χ1n) is 5.30. The number of carbonyl (C=O) groups excluding carboxylic acids is 1. The lowest BCUT2D eigenvalue weighted by Crippen LogP contribution is -2.29. The lowest BCUT2D eigenvalue weighted by molar-refractivity contribution is -0.116. The van der Waals surface area contributed by atoms with Gasteiger partial charge < -0.3 is 9.88 Å². The fourth-order valence-electron chi connectivity index (χ4n) is 1.17. The van der Waals surface area contributed by atoms with Crippen molar-refractivity contribution < 1.29 is 4.79 Å². The summed E-state index contributed by atoms with van der Waals surface area (Å²) in [5.41, 5.74) is -0.728.